The molecule has 2 N–H and O–H groups in total. The first kappa shape index (κ1) is 38.3. The largest absolute Gasteiger partial charge is 0.490 e. The Balaban J connectivity index is 1.69. The Morgan fingerprint density at radius 1 is 1.06 bits per heavy atom. The van der Waals surface area contributed by atoms with E-state index in [0.29, 0.717) is 19.4 Å². The summed E-state index contributed by atoms with van der Waals surface area (Å²) in [5.41, 5.74) is 1.46. The van der Waals surface area contributed by atoms with E-state index in [1.54, 1.807) is 45.0 Å². The molecule has 2 heterocycles. The van der Waals surface area contributed by atoms with Crippen molar-refractivity contribution in [2.24, 2.45) is 5.92 Å². The molecule has 13 nitrogen and oxygen atoms in total. The number of benzene rings is 2. The quantitative estimate of drug-likeness (QED) is 0.321. The molecule has 0 spiro atoms. The summed E-state index contributed by atoms with van der Waals surface area (Å²) < 4.78 is 75.0. The van der Waals surface area contributed by atoms with Crippen molar-refractivity contribution in [3.8, 4) is 5.75 Å². The molecule has 1 amide bonds. The van der Waals surface area contributed by atoms with E-state index in [1.807, 2.05) is 20.8 Å². The van der Waals surface area contributed by atoms with Gasteiger partial charge in [0.15, 0.2) is 5.76 Å². The number of ether oxygens (including phenoxy) is 2. The number of carbonyl (C=O) groups excluding carboxylic acids is 1. The van der Waals surface area contributed by atoms with Gasteiger partial charge in [-0.2, -0.15) is 4.31 Å². The number of anilines is 1. The summed E-state index contributed by atoms with van der Waals surface area (Å²) in [6, 6.07) is 10.3. The molecule has 49 heavy (non-hydrogen) atoms. The fraction of sp³-hybridized carbons (Fsp3) is 0.529. The molecule has 2 aromatic carbocycles. The van der Waals surface area contributed by atoms with E-state index in [-0.39, 0.29) is 64.0 Å². The summed E-state index contributed by atoms with van der Waals surface area (Å²) in [5, 5.41) is 14.0. The van der Waals surface area contributed by atoms with E-state index in [0.717, 1.165) is 12.0 Å². The maximum Gasteiger partial charge on any atom is 0.261 e. The second-order valence-electron chi connectivity index (χ2n) is 12.9. The smallest absolute Gasteiger partial charge is 0.261 e. The normalized spacial score (nSPS) is 20.7. The highest BCUT2D eigenvalue weighted by molar-refractivity contribution is 7.92. The number of rotatable bonds is 9. The van der Waals surface area contributed by atoms with E-state index in [4.69, 9.17) is 14.0 Å². The number of nitrogens with zero attached hydrogens (tertiary/aromatic N) is 3. The highest BCUT2D eigenvalue weighted by Gasteiger charge is 2.34. The number of hydrogen-bond donors (Lipinski definition) is 2. The van der Waals surface area contributed by atoms with Gasteiger partial charge >= 0.3 is 0 Å². The Morgan fingerprint density at radius 3 is 2.39 bits per heavy atom. The predicted octanol–water partition coefficient (Wildman–Crippen LogP) is 4.52. The topological polar surface area (TPSA) is 169 Å². The number of nitrogens with one attached hydrogen (secondary N) is 1. The van der Waals surface area contributed by atoms with Crippen LogP contribution in [-0.4, -0.2) is 93.8 Å². The molecule has 1 aliphatic rings. The molecular formula is C34H48N4O9S2. The maximum absolute atomic E-state index is 14.4. The van der Waals surface area contributed by atoms with Crippen molar-refractivity contribution in [1.29, 1.82) is 0 Å². The summed E-state index contributed by atoms with van der Waals surface area (Å²) in [5.74, 6) is -0.406. The molecule has 0 radical (unpaired) electrons. The van der Waals surface area contributed by atoms with Gasteiger partial charge in [0.25, 0.3) is 15.9 Å². The number of aryl methyl sites for hydroxylation is 3. The van der Waals surface area contributed by atoms with Crippen LogP contribution in [0, 0.1) is 26.7 Å². The van der Waals surface area contributed by atoms with Crippen molar-refractivity contribution < 1.29 is 40.7 Å². The summed E-state index contributed by atoms with van der Waals surface area (Å²) in [6.45, 7) is 10.5. The minimum Gasteiger partial charge on any atom is -0.490 e. The zero-order valence-electron chi connectivity index (χ0n) is 29.2. The Hall–Kier alpha value is -3.50. The van der Waals surface area contributed by atoms with Crippen LogP contribution in [0.15, 0.2) is 56.8 Å². The molecule has 0 saturated heterocycles. The fourth-order valence-electron chi connectivity index (χ4n) is 5.73. The fourth-order valence-corrected chi connectivity index (χ4v) is 8.25. The molecule has 0 saturated carbocycles. The van der Waals surface area contributed by atoms with Crippen LogP contribution in [0.4, 0.5) is 5.69 Å². The number of carbonyl (C=O) groups is 1. The average Bonchev–Trinajstić information content (AvgIpc) is 3.40. The first-order valence-electron chi connectivity index (χ1n) is 16.4. The molecule has 4 atom stereocenters. The summed E-state index contributed by atoms with van der Waals surface area (Å²) >= 11 is 0. The maximum atomic E-state index is 14.4. The molecule has 15 heteroatoms. The lowest BCUT2D eigenvalue weighted by molar-refractivity contribution is -0.00835. The molecule has 1 aromatic heterocycles. The van der Waals surface area contributed by atoms with Gasteiger partial charge in [0.2, 0.25) is 10.0 Å². The highest BCUT2D eigenvalue weighted by Crippen LogP contribution is 2.30. The van der Waals surface area contributed by atoms with E-state index >= 15 is 0 Å². The molecule has 0 bridgehead atoms. The van der Waals surface area contributed by atoms with Crippen LogP contribution < -0.4 is 9.46 Å². The molecule has 4 rings (SSSR count). The van der Waals surface area contributed by atoms with E-state index in [1.165, 1.54) is 34.5 Å². The van der Waals surface area contributed by atoms with Gasteiger partial charge in [0.1, 0.15) is 16.3 Å². The van der Waals surface area contributed by atoms with Crippen LogP contribution in [0.2, 0.25) is 0 Å². The second-order valence-corrected chi connectivity index (χ2v) is 16.5. The summed E-state index contributed by atoms with van der Waals surface area (Å²) in [4.78, 5) is 16.0. The van der Waals surface area contributed by atoms with Gasteiger partial charge in [0.05, 0.1) is 35.3 Å². The highest BCUT2D eigenvalue weighted by atomic mass is 32.2. The number of aliphatic hydroxyl groups is 1. The zero-order valence-corrected chi connectivity index (χ0v) is 30.8. The number of aromatic nitrogens is 1. The van der Waals surface area contributed by atoms with E-state index in [2.05, 4.69) is 9.88 Å². The van der Waals surface area contributed by atoms with Crippen LogP contribution in [0.3, 0.4) is 0 Å². The van der Waals surface area contributed by atoms with Crippen LogP contribution in [0.25, 0.3) is 0 Å². The number of hydrogen-bond acceptors (Lipinski definition) is 10. The average molecular weight is 721 g/mol. The van der Waals surface area contributed by atoms with Crippen molar-refractivity contribution in [3.05, 3.63) is 65.0 Å². The van der Waals surface area contributed by atoms with Crippen LogP contribution in [0.1, 0.15) is 67.4 Å². The summed E-state index contributed by atoms with van der Waals surface area (Å²) in [7, 11) is -6.47. The third-order valence-electron chi connectivity index (χ3n) is 8.71. The zero-order chi connectivity index (χ0) is 36.1. The standard InChI is InChI=1S/C34H48N4O9S2/c1-22-11-14-29(15-12-22)48(41,42)36-28-13-16-31-30(18-28)34(40)38(24(3)21-39)19-23(2)32(45-17-9-8-10-25(4)46-31)20-37(7)49(43,44)33-26(5)35-47-27(33)6/h11-16,18,23-25,32,36,39H,8-10,17,19-21H2,1-7H3/t23-,24+,25-,32+/m1/s1. The number of fused-ring (bicyclic) bond motifs is 1. The SMILES string of the molecule is Cc1ccc(S(=O)(=O)Nc2ccc3c(c2)C(=O)N([C@@H](C)CO)C[C@@H](C)[C@H](CN(C)S(=O)(=O)c2c(C)noc2C)OCCCC[C@@H](C)O3)cc1. The third-order valence-corrected chi connectivity index (χ3v) is 12.2. The molecule has 0 aliphatic carbocycles. The lowest BCUT2D eigenvalue weighted by Crippen LogP contribution is -2.48. The first-order valence-corrected chi connectivity index (χ1v) is 19.3. The van der Waals surface area contributed by atoms with Crippen LogP contribution in [-0.2, 0) is 24.8 Å². The first-order chi connectivity index (χ1) is 23.0. The van der Waals surface area contributed by atoms with Gasteiger partial charge < -0.3 is 24.0 Å². The minimum absolute atomic E-state index is 0.00801. The van der Waals surface area contributed by atoms with Gasteiger partial charge in [-0.1, -0.05) is 29.8 Å². The van der Waals surface area contributed by atoms with Gasteiger partial charge in [0, 0.05) is 38.3 Å². The van der Waals surface area contributed by atoms with Crippen molar-refractivity contribution in [2.75, 3.05) is 38.1 Å². The number of aliphatic hydroxyl groups excluding tert-OH is 1. The van der Waals surface area contributed by atoms with E-state index < -0.39 is 44.0 Å². The molecular weight excluding hydrogens is 673 g/mol. The van der Waals surface area contributed by atoms with Gasteiger partial charge in [-0.25, -0.2) is 16.8 Å². The Bertz CT molecular complexity index is 1790. The van der Waals surface area contributed by atoms with Gasteiger partial charge in [-0.3, -0.25) is 9.52 Å². The summed E-state index contributed by atoms with van der Waals surface area (Å²) in [6.07, 6.45) is 1.19. The van der Waals surface area contributed by atoms with E-state index in [9.17, 15) is 26.7 Å². The Kier molecular flexibility index (Phi) is 12.5. The van der Waals surface area contributed by atoms with Crippen molar-refractivity contribution in [1.82, 2.24) is 14.4 Å². The van der Waals surface area contributed by atoms with Crippen molar-refractivity contribution in [2.45, 2.75) is 88.8 Å². The molecule has 0 unspecified atom stereocenters. The number of sulfonamides is 2. The molecule has 3 aromatic rings. The van der Waals surface area contributed by atoms with Crippen molar-refractivity contribution in [3.63, 3.8) is 0 Å². The molecule has 0 fully saturated rings. The Morgan fingerprint density at radius 2 is 1.76 bits per heavy atom. The third kappa shape index (κ3) is 9.19. The lowest BCUT2D eigenvalue weighted by Gasteiger charge is -2.35. The second kappa shape index (κ2) is 16.0. The lowest BCUT2D eigenvalue weighted by atomic mass is 10.0. The number of amides is 1. The number of likely N-dealkylation sites (N-methyl/N-ethyl adjacent to an activating group) is 1. The Labute approximate surface area is 289 Å². The van der Waals surface area contributed by atoms with Crippen LogP contribution in [0.5, 0.6) is 5.75 Å². The van der Waals surface area contributed by atoms with Crippen molar-refractivity contribution >= 4 is 31.6 Å². The molecule has 270 valence electrons. The minimum atomic E-state index is -3.97. The monoisotopic (exact) mass is 720 g/mol. The van der Waals surface area contributed by atoms with Gasteiger partial charge in [-0.05, 0) is 84.2 Å². The molecule has 1 aliphatic heterocycles. The predicted molar refractivity (Wildman–Crippen MR) is 185 cm³/mol. The van der Waals surface area contributed by atoms with Crippen LogP contribution >= 0.6 is 0 Å². The van der Waals surface area contributed by atoms with Gasteiger partial charge in [-0.15, -0.1) is 0 Å².